The average Bonchev–Trinajstić information content (AvgIpc) is 2.38. The van der Waals surface area contributed by atoms with Gasteiger partial charge in [-0.1, -0.05) is 45.4 Å². The Morgan fingerprint density at radius 2 is 1.40 bits per heavy atom. The normalized spacial score (nSPS) is 11.8. The highest BCUT2D eigenvalue weighted by molar-refractivity contribution is 5.56. The maximum atomic E-state index is 10.2. The fraction of sp³-hybridized carbons (Fsp3) is 0.857. The van der Waals surface area contributed by atoms with Gasteiger partial charge in [-0.3, -0.25) is 0 Å². The predicted molar refractivity (Wildman–Crippen MR) is 74.1 cm³/mol. The maximum absolute atomic E-state index is 10.2. The number of carboxylic acid groups (broad SMARTS) is 2. The fourth-order valence-electron chi connectivity index (χ4n) is 2.09. The van der Waals surface area contributed by atoms with E-state index in [-0.39, 0.29) is 13.2 Å². The van der Waals surface area contributed by atoms with Crippen LogP contribution in [-0.2, 0) is 9.47 Å². The topological polar surface area (TPSA) is 93.1 Å². The van der Waals surface area contributed by atoms with Crippen LogP contribution in [0.15, 0.2) is 0 Å². The molecule has 20 heavy (non-hydrogen) atoms. The van der Waals surface area contributed by atoms with E-state index in [4.69, 9.17) is 10.2 Å². The van der Waals surface area contributed by atoms with Crippen molar-refractivity contribution in [2.75, 3.05) is 13.2 Å². The first-order valence-corrected chi connectivity index (χ1v) is 7.27. The fourth-order valence-corrected chi connectivity index (χ4v) is 2.09. The van der Waals surface area contributed by atoms with Crippen LogP contribution in [0.25, 0.3) is 0 Å². The Kier molecular flexibility index (Phi) is 11.7. The smallest absolute Gasteiger partial charge is 0.450 e. The zero-order valence-electron chi connectivity index (χ0n) is 12.2. The van der Waals surface area contributed by atoms with E-state index in [1.807, 2.05) is 0 Å². The third-order valence-electron chi connectivity index (χ3n) is 3.31. The molecule has 0 aromatic heterocycles. The van der Waals surface area contributed by atoms with Gasteiger partial charge in [0.15, 0.2) is 0 Å². The molecule has 0 radical (unpaired) electrons. The summed E-state index contributed by atoms with van der Waals surface area (Å²) in [5, 5.41) is 16.7. The summed E-state index contributed by atoms with van der Waals surface area (Å²) in [5.41, 5.74) is 0. The van der Waals surface area contributed by atoms with Crippen molar-refractivity contribution >= 4 is 12.3 Å². The maximum Gasteiger partial charge on any atom is 0.505 e. The van der Waals surface area contributed by atoms with Gasteiger partial charge in [0.05, 0.1) is 13.2 Å². The van der Waals surface area contributed by atoms with Gasteiger partial charge in [0, 0.05) is 0 Å². The monoisotopic (exact) mass is 290 g/mol. The molecule has 0 rings (SSSR count). The molecule has 0 saturated carbocycles. The van der Waals surface area contributed by atoms with Crippen molar-refractivity contribution in [3.05, 3.63) is 0 Å². The molecule has 118 valence electrons. The van der Waals surface area contributed by atoms with E-state index in [1.54, 1.807) is 0 Å². The van der Waals surface area contributed by atoms with Crippen LogP contribution in [0.5, 0.6) is 0 Å². The molecular formula is C14H26O6. The molecular weight excluding hydrogens is 264 g/mol. The molecule has 0 aromatic carbocycles. The SMILES string of the molecule is CCC(CCCCCCCOC(=O)O)CCOC(=O)O. The van der Waals surface area contributed by atoms with Gasteiger partial charge < -0.3 is 19.7 Å². The Morgan fingerprint density at radius 3 is 2.00 bits per heavy atom. The van der Waals surface area contributed by atoms with E-state index in [9.17, 15) is 9.59 Å². The Hall–Kier alpha value is -1.46. The summed E-state index contributed by atoms with van der Waals surface area (Å²) in [6.07, 6.45) is 5.56. The molecule has 6 nitrogen and oxygen atoms in total. The average molecular weight is 290 g/mol. The number of rotatable bonds is 12. The molecule has 1 unspecified atom stereocenters. The quantitative estimate of drug-likeness (QED) is 0.414. The number of unbranched alkanes of at least 4 members (excludes halogenated alkanes) is 4. The first-order valence-electron chi connectivity index (χ1n) is 7.27. The lowest BCUT2D eigenvalue weighted by Gasteiger charge is -2.13. The van der Waals surface area contributed by atoms with Crippen LogP contribution in [0.2, 0.25) is 0 Å². The van der Waals surface area contributed by atoms with Crippen LogP contribution in [0.4, 0.5) is 9.59 Å². The van der Waals surface area contributed by atoms with Crippen molar-refractivity contribution in [2.24, 2.45) is 5.92 Å². The molecule has 0 saturated heterocycles. The van der Waals surface area contributed by atoms with E-state index >= 15 is 0 Å². The second-order valence-corrected chi connectivity index (χ2v) is 4.85. The zero-order valence-corrected chi connectivity index (χ0v) is 12.2. The van der Waals surface area contributed by atoms with Crippen LogP contribution >= 0.6 is 0 Å². The minimum absolute atomic E-state index is 0.277. The summed E-state index contributed by atoms with van der Waals surface area (Å²) in [7, 11) is 0. The van der Waals surface area contributed by atoms with Crippen LogP contribution in [-0.4, -0.2) is 35.7 Å². The molecule has 0 aliphatic heterocycles. The van der Waals surface area contributed by atoms with E-state index in [0.717, 1.165) is 51.4 Å². The first kappa shape index (κ1) is 18.5. The minimum Gasteiger partial charge on any atom is -0.450 e. The lowest BCUT2D eigenvalue weighted by Crippen LogP contribution is -2.08. The summed E-state index contributed by atoms with van der Waals surface area (Å²) in [5.74, 6) is 0.518. The van der Waals surface area contributed by atoms with Gasteiger partial charge in [-0.2, -0.15) is 0 Å². The van der Waals surface area contributed by atoms with Crippen LogP contribution in [0, 0.1) is 5.92 Å². The summed E-state index contributed by atoms with van der Waals surface area (Å²) < 4.78 is 8.94. The van der Waals surface area contributed by atoms with Crippen LogP contribution < -0.4 is 0 Å². The van der Waals surface area contributed by atoms with Crippen molar-refractivity contribution in [3.8, 4) is 0 Å². The van der Waals surface area contributed by atoms with Crippen molar-refractivity contribution in [3.63, 3.8) is 0 Å². The van der Waals surface area contributed by atoms with E-state index in [2.05, 4.69) is 16.4 Å². The number of ether oxygens (including phenoxy) is 2. The van der Waals surface area contributed by atoms with Gasteiger partial charge in [-0.25, -0.2) is 9.59 Å². The number of hydrogen-bond donors (Lipinski definition) is 2. The Morgan fingerprint density at radius 1 is 0.850 bits per heavy atom. The van der Waals surface area contributed by atoms with Crippen molar-refractivity contribution in [1.82, 2.24) is 0 Å². The lowest BCUT2D eigenvalue weighted by molar-refractivity contribution is 0.0848. The lowest BCUT2D eigenvalue weighted by atomic mass is 9.95. The Balaban J connectivity index is 3.37. The standard InChI is InChI=1S/C14H26O6/c1-2-12(9-11-20-14(17)18)8-6-4-3-5-7-10-19-13(15)16/h12H,2-11H2,1H3,(H,15,16)(H,17,18). The molecule has 0 amide bonds. The molecule has 0 aromatic rings. The highest BCUT2D eigenvalue weighted by Gasteiger charge is 2.07. The predicted octanol–water partition coefficient (Wildman–Crippen LogP) is 4.13. The number of carbonyl (C=O) groups is 2. The van der Waals surface area contributed by atoms with Gasteiger partial charge in [-0.15, -0.1) is 0 Å². The van der Waals surface area contributed by atoms with E-state index in [1.165, 1.54) is 0 Å². The molecule has 0 aliphatic rings. The molecule has 6 heteroatoms. The van der Waals surface area contributed by atoms with Gasteiger partial charge in [0.1, 0.15) is 0 Å². The summed E-state index contributed by atoms with van der Waals surface area (Å²) in [4.78, 5) is 20.3. The Labute approximate surface area is 120 Å². The molecule has 2 N–H and O–H groups in total. The van der Waals surface area contributed by atoms with Gasteiger partial charge in [0.2, 0.25) is 0 Å². The van der Waals surface area contributed by atoms with Gasteiger partial charge in [-0.05, 0) is 18.8 Å². The van der Waals surface area contributed by atoms with E-state index in [0.29, 0.717) is 5.92 Å². The summed E-state index contributed by atoms with van der Waals surface area (Å²) in [6.45, 7) is 2.66. The second kappa shape index (κ2) is 12.6. The number of hydrogen-bond acceptors (Lipinski definition) is 4. The summed E-state index contributed by atoms with van der Waals surface area (Å²) in [6, 6.07) is 0. The molecule has 0 aliphatic carbocycles. The molecule has 0 spiro atoms. The zero-order chi connectivity index (χ0) is 15.2. The highest BCUT2D eigenvalue weighted by Crippen LogP contribution is 2.18. The van der Waals surface area contributed by atoms with Gasteiger partial charge in [0.25, 0.3) is 0 Å². The Bertz CT molecular complexity index is 266. The van der Waals surface area contributed by atoms with Crippen LogP contribution in [0.1, 0.15) is 58.3 Å². The third-order valence-corrected chi connectivity index (χ3v) is 3.31. The minimum atomic E-state index is -1.21. The third kappa shape index (κ3) is 13.0. The highest BCUT2D eigenvalue weighted by atomic mass is 16.7. The van der Waals surface area contributed by atoms with E-state index < -0.39 is 12.3 Å². The van der Waals surface area contributed by atoms with Crippen molar-refractivity contribution in [2.45, 2.75) is 58.3 Å². The van der Waals surface area contributed by atoms with Gasteiger partial charge >= 0.3 is 12.3 Å². The largest absolute Gasteiger partial charge is 0.505 e. The first-order chi connectivity index (χ1) is 9.56. The summed E-state index contributed by atoms with van der Waals surface area (Å²) >= 11 is 0. The van der Waals surface area contributed by atoms with Crippen molar-refractivity contribution < 1.29 is 29.3 Å². The molecule has 0 heterocycles. The van der Waals surface area contributed by atoms with Crippen molar-refractivity contribution in [1.29, 1.82) is 0 Å². The molecule has 0 bridgehead atoms. The molecule has 0 fully saturated rings. The molecule has 1 atom stereocenters. The second-order valence-electron chi connectivity index (χ2n) is 4.85. The van der Waals surface area contributed by atoms with Crippen LogP contribution in [0.3, 0.4) is 0 Å².